The Bertz CT molecular complexity index is 294. The molecule has 1 aromatic heterocycles. The van der Waals surface area contributed by atoms with Crippen molar-refractivity contribution in [2.75, 3.05) is 7.11 Å². The van der Waals surface area contributed by atoms with Crippen LogP contribution in [0.25, 0.3) is 0 Å². The molecule has 0 atom stereocenters. The summed E-state index contributed by atoms with van der Waals surface area (Å²) in [5.74, 6) is -0.315. The molecule has 13 heavy (non-hydrogen) atoms. The van der Waals surface area contributed by atoms with Crippen LogP contribution in [0.3, 0.4) is 0 Å². The van der Waals surface area contributed by atoms with E-state index in [1.807, 2.05) is 11.4 Å². The Hall–Kier alpha value is -0.641. The van der Waals surface area contributed by atoms with E-state index in [0.717, 1.165) is 4.88 Å². The standard InChI is InChI=1S/C8H8O3SSe/c1-11-7(9)5-13-8(10)6-3-2-4-12-6/h2-4H,5H2,1H3. The molecule has 0 aliphatic rings. The van der Waals surface area contributed by atoms with Gasteiger partial charge in [-0.1, -0.05) is 0 Å². The van der Waals surface area contributed by atoms with E-state index in [0.29, 0.717) is 0 Å². The fourth-order valence-electron chi connectivity index (χ4n) is 0.649. The molecular formula is C8H8O3SSe. The molecule has 1 aromatic rings. The van der Waals surface area contributed by atoms with Gasteiger partial charge < -0.3 is 0 Å². The van der Waals surface area contributed by atoms with Gasteiger partial charge in [-0.3, -0.25) is 0 Å². The summed E-state index contributed by atoms with van der Waals surface area (Å²) in [4.78, 5) is 22.8. The van der Waals surface area contributed by atoms with E-state index in [9.17, 15) is 9.59 Å². The zero-order valence-electron chi connectivity index (χ0n) is 6.98. The van der Waals surface area contributed by atoms with Gasteiger partial charge >= 0.3 is 86.1 Å². The van der Waals surface area contributed by atoms with Crippen molar-refractivity contribution < 1.29 is 14.3 Å². The zero-order valence-corrected chi connectivity index (χ0v) is 9.51. The monoisotopic (exact) mass is 264 g/mol. The summed E-state index contributed by atoms with van der Waals surface area (Å²) in [6, 6.07) is 3.60. The summed E-state index contributed by atoms with van der Waals surface area (Å²) in [5, 5.41) is 2.07. The molecule has 0 saturated carbocycles. The molecule has 3 nitrogen and oxygen atoms in total. The number of rotatable bonds is 4. The number of esters is 1. The first-order valence-corrected chi connectivity index (χ1v) is 6.46. The topological polar surface area (TPSA) is 43.4 Å². The predicted molar refractivity (Wildman–Crippen MR) is 51.2 cm³/mol. The maximum absolute atomic E-state index is 11.4. The van der Waals surface area contributed by atoms with Crippen LogP contribution in [-0.2, 0) is 9.53 Å². The molecule has 5 heteroatoms. The molecule has 0 aliphatic carbocycles. The third kappa shape index (κ3) is 3.30. The van der Waals surface area contributed by atoms with Gasteiger partial charge in [0.2, 0.25) is 0 Å². The van der Waals surface area contributed by atoms with Crippen molar-refractivity contribution in [1.82, 2.24) is 0 Å². The van der Waals surface area contributed by atoms with Gasteiger partial charge in [-0.15, -0.1) is 0 Å². The van der Waals surface area contributed by atoms with Crippen molar-refractivity contribution in [3.8, 4) is 0 Å². The van der Waals surface area contributed by atoms with Gasteiger partial charge in [0.1, 0.15) is 0 Å². The Morgan fingerprint density at radius 3 is 2.92 bits per heavy atom. The normalized spacial score (nSPS) is 9.62. The molecular weight excluding hydrogens is 255 g/mol. The molecule has 0 aromatic carbocycles. The zero-order chi connectivity index (χ0) is 9.68. The SMILES string of the molecule is COC(=O)C[Se]C(=O)c1cccs1. The summed E-state index contributed by atoms with van der Waals surface area (Å²) in [6.07, 6.45) is 0. The molecule has 0 spiro atoms. The van der Waals surface area contributed by atoms with E-state index in [4.69, 9.17) is 0 Å². The molecule has 0 N–H and O–H groups in total. The number of thiophene rings is 1. The van der Waals surface area contributed by atoms with Crippen LogP contribution < -0.4 is 0 Å². The second-order valence-electron chi connectivity index (χ2n) is 2.13. The maximum atomic E-state index is 11.4. The number of carbonyl (C=O) groups is 2. The molecule has 0 amide bonds. The Kier molecular flexibility index (Phi) is 4.15. The fourth-order valence-corrected chi connectivity index (χ4v) is 3.03. The van der Waals surface area contributed by atoms with E-state index in [2.05, 4.69) is 4.74 Å². The molecule has 70 valence electrons. The van der Waals surface area contributed by atoms with Crippen LogP contribution in [-0.4, -0.2) is 32.7 Å². The molecule has 0 aliphatic heterocycles. The van der Waals surface area contributed by atoms with E-state index < -0.39 is 0 Å². The Labute approximate surface area is 86.2 Å². The Balaban J connectivity index is 2.39. The first-order valence-electron chi connectivity index (χ1n) is 3.51. The van der Waals surface area contributed by atoms with Crippen LogP contribution in [0, 0.1) is 0 Å². The van der Waals surface area contributed by atoms with Gasteiger partial charge in [0, 0.05) is 0 Å². The van der Waals surface area contributed by atoms with Crippen LogP contribution in [0.5, 0.6) is 0 Å². The predicted octanol–water partition coefficient (Wildman–Crippen LogP) is 1.18. The average molecular weight is 263 g/mol. The molecule has 0 radical (unpaired) electrons. The van der Waals surface area contributed by atoms with Crippen molar-refractivity contribution in [3.05, 3.63) is 22.4 Å². The van der Waals surface area contributed by atoms with Gasteiger partial charge in [0.15, 0.2) is 0 Å². The van der Waals surface area contributed by atoms with Gasteiger partial charge in [-0.25, -0.2) is 0 Å². The van der Waals surface area contributed by atoms with E-state index in [1.54, 1.807) is 6.07 Å². The quantitative estimate of drug-likeness (QED) is 0.605. The van der Waals surface area contributed by atoms with Crippen LogP contribution in [0.15, 0.2) is 17.5 Å². The van der Waals surface area contributed by atoms with Gasteiger partial charge in [-0.2, -0.15) is 0 Å². The van der Waals surface area contributed by atoms with Crippen LogP contribution in [0.1, 0.15) is 9.67 Å². The summed E-state index contributed by atoms with van der Waals surface area (Å²) in [6.45, 7) is 0. The summed E-state index contributed by atoms with van der Waals surface area (Å²) in [5.41, 5.74) is 0. The fraction of sp³-hybridized carbons (Fsp3) is 0.250. The van der Waals surface area contributed by atoms with Crippen LogP contribution >= 0.6 is 11.3 Å². The minimum absolute atomic E-state index is 0.0629. The second-order valence-corrected chi connectivity index (χ2v) is 5.07. The number of hydrogen-bond donors (Lipinski definition) is 0. The van der Waals surface area contributed by atoms with E-state index in [-0.39, 0.29) is 30.9 Å². The van der Waals surface area contributed by atoms with Gasteiger partial charge in [0.25, 0.3) is 0 Å². The number of ether oxygens (including phenoxy) is 1. The first-order chi connectivity index (χ1) is 6.24. The third-order valence-corrected chi connectivity index (χ3v) is 4.24. The van der Waals surface area contributed by atoms with Crippen molar-refractivity contribution >= 4 is 36.9 Å². The third-order valence-electron chi connectivity index (χ3n) is 1.27. The van der Waals surface area contributed by atoms with Crippen molar-refractivity contribution in [1.29, 1.82) is 0 Å². The molecule has 0 unspecified atom stereocenters. The number of carbonyl (C=O) groups excluding carboxylic acids is 2. The molecule has 0 fully saturated rings. The van der Waals surface area contributed by atoms with E-state index in [1.165, 1.54) is 18.4 Å². The average Bonchev–Trinajstić information content (AvgIpc) is 2.66. The summed E-state index contributed by atoms with van der Waals surface area (Å²) < 4.78 is 4.51. The molecule has 0 saturated heterocycles. The molecule has 0 bridgehead atoms. The van der Waals surface area contributed by atoms with Crippen molar-refractivity contribution in [2.45, 2.75) is 5.32 Å². The van der Waals surface area contributed by atoms with Crippen LogP contribution in [0.2, 0.25) is 5.32 Å². The number of hydrogen-bond acceptors (Lipinski definition) is 4. The first kappa shape index (κ1) is 10.4. The molecule has 1 heterocycles. The summed E-state index contributed by atoms with van der Waals surface area (Å²) in [7, 11) is 1.33. The van der Waals surface area contributed by atoms with Gasteiger partial charge in [0.05, 0.1) is 0 Å². The van der Waals surface area contributed by atoms with E-state index >= 15 is 0 Å². The Morgan fingerprint density at radius 2 is 2.38 bits per heavy atom. The molecule has 1 rings (SSSR count). The van der Waals surface area contributed by atoms with Gasteiger partial charge in [-0.05, 0) is 0 Å². The Morgan fingerprint density at radius 1 is 1.62 bits per heavy atom. The number of methoxy groups -OCH3 is 1. The van der Waals surface area contributed by atoms with Crippen LogP contribution in [0.4, 0.5) is 0 Å². The minimum atomic E-state index is -0.321. The second kappa shape index (κ2) is 5.17. The van der Waals surface area contributed by atoms with Crippen molar-refractivity contribution in [3.63, 3.8) is 0 Å². The van der Waals surface area contributed by atoms with Crippen molar-refractivity contribution in [2.24, 2.45) is 0 Å². The summed E-state index contributed by atoms with van der Waals surface area (Å²) >= 11 is 1.08.